The molecular weight excluding hydrogens is 228 g/mol. The molecule has 0 saturated heterocycles. The molecule has 2 N–H and O–H groups in total. The Bertz CT molecular complexity index is 469. The topological polar surface area (TPSA) is 77.8 Å². The molecule has 0 aliphatic heterocycles. The fourth-order valence-corrected chi connectivity index (χ4v) is 1.83. The van der Waals surface area contributed by atoms with Crippen molar-refractivity contribution in [3.8, 4) is 0 Å². The summed E-state index contributed by atoms with van der Waals surface area (Å²) < 4.78 is 5.20. The van der Waals surface area contributed by atoms with Gasteiger partial charge in [0.2, 0.25) is 5.89 Å². The summed E-state index contributed by atoms with van der Waals surface area (Å²) in [4.78, 5) is 8.32. The smallest absolute Gasteiger partial charge is 0.228 e. The fraction of sp³-hybridized carbons (Fsp3) is 0.462. The van der Waals surface area contributed by atoms with Gasteiger partial charge in [-0.25, -0.2) is 0 Å². The summed E-state index contributed by atoms with van der Waals surface area (Å²) in [5.41, 5.74) is 7.06. The van der Waals surface area contributed by atoms with Gasteiger partial charge in [0.15, 0.2) is 5.82 Å². The molecule has 0 amide bonds. The maximum atomic E-state index is 5.94. The second-order valence-electron chi connectivity index (χ2n) is 4.39. The van der Waals surface area contributed by atoms with E-state index in [4.69, 9.17) is 10.3 Å². The van der Waals surface area contributed by atoms with Crippen LogP contribution in [0.3, 0.4) is 0 Å². The molecule has 2 aromatic heterocycles. The van der Waals surface area contributed by atoms with Crippen LogP contribution in [0.15, 0.2) is 29.0 Å². The number of nitrogens with zero attached hydrogens (tertiary/aromatic N) is 3. The average molecular weight is 246 g/mol. The molecule has 2 aromatic rings. The van der Waals surface area contributed by atoms with Gasteiger partial charge in [-0.3, -0.25) is 4.98 Å². The van der Waals surface area contributed by atoms with Gasteiger partial charge in [-0.1, -0.05) is 18.5 Å². The predicted octanol–water partition coefficient (Wildman–Crippen LogP) is 1.73. The van der Waals surface area contributed by atoms with E-state index in [9.17, 15) is 0 Å². The van der Waals surface area contributed by atoms with Gasteiger partial charge in [0, 0.05) is 31.3 Å². The first-order valence-corrected chi connectivity index (χ1v) is 6.24. The first kappa shape index (κ1) is 12.7. The van der Waals surface area contributed by atoms with E-state index in [1.165, 1.54) is 0 Å². The van der Waals surface area contributed by atoms with E-state index in [1.54, 1.807) is 12.4 Å². The Kier molecular flexibility index (Phi) is 4.41. The lowest BCUT2D eigenvalue weighted by molar-refractivity contribution is 0.361. The van der Waals surface area contributed by atoms with Crippen LogP contribution >= 0.6 is 0 Å². The summed E-state index contributed by atoms with van der Waals surface area (Å²) >= 11 is 0. The highest BCUT2D eigenvalue weighted by atomic mass is 16.5. The van der Waals surface area contributed by atoms with Crippen molar-refractivity contribution < 1.29 is 4.52 Å². The first-order valence-electron chi connectivity index (χ1n) is 6.24. The monoisotopic (exact) mass is 246 g/mol. The van der Waals surface area contributed by atoms with Crippen LogP contribution in [0.2, 0.25) is 0 Å². The number of rotatable bonds is 6. The number of aromatic nitrogens is 3. The van der Waals surface area contributed by atoms with Gasteiger partial charge in [0.05, 0.1) is 0 Å². The summed E-state index contributed by atoms with van der Waals surface area (Å²) in [5.74, 6) is 1.32. The molecule has 1 unspecified atom stereocenters. The zero-order chi connectivity index (χ0) is 12.8. The minimum Gasteiger partial charge on any atom is -0.339 e. The Labute approximate surface area is 106 Å². The van der Waals surface area contributed by atoms with Crippen LogP contribution in [-0.2, 0) is 12.8 Å². The molecule has 96 valence electrons. The fourth-order valence-electron chi connectivity index (χ4n) is 1.83. The molecule has 0 aliphatic rings. The van der Waals surface area contributed by atoms with Crippen molar-refractivity contribution in [2.45, 2.75) is 38.6 Å². The number of hydrogen-bond acceptors (Lipinski definition) is 5. The molecule has 1 atom stereocenters. The van der Waals surface area contributed by atoms with Gasteiger partial charge in [-0.05, 0) is 24.1 Å². The van der Waals surface area contributed by atoms with E-state index in [0.717, 1.165) is 18.4 Å². The Morgan fingerprint density at radius 1 is 1.33 bits per heavy atom. The zero-order valence-electron chi connectivity index (χ0n) is 10.5. The normalized spacial score (nSPS) is 12.6. The van der Waals surface area contributed by atoms with Crippen LogP contribution in [0.5, 0.6) is 0 Å². The Morgan fingerprint density at radius 2 is 2.11 bits per heavy atom. The van der Waals surface area contributed by atoms with Gasteiger partial charge in [-0.2, -0.15) is 4.98 Å². The van der Waals surface area contributed by atoms with E-state index in [-0.39, 0.29) is 6.04 Å². The molecule has 5 heteroatoms. The molecule has 0 fully saturated rings. The molecule has 2 heterocycles. The lowest BCUT2D eigenvalue weighted by Crippen LogP contribution is -2.22. The third kappa shape index (κ3) is 3.63. The molecule has 0 aromatic carbocycles. The highest BCUT2D eigenvalue weighted by Gasteiger charge is 2.10. The molecule has 18 heavy (non-hydrogen) atoms. The zero-order valence-corrected chi connectivity index (χ0v) is 10.5. The number of hydrogen-bond donors (Lipinski definition) is 1. The Hall–Kier alpha value is -1.75. The molecule has 5 nitrogen and oxygen atoms in total. The van der Waals surface area contributed by atoms with Crippen molar-refractivity contribution in [2.75, 3.05) is 0 Å². The Morgan fingerprint density at radius 3 is 2.83 bits per heavy atom. The van der Waals surface area contributed by atoms with Crippen molar-refractivity contribution in [3.05, 3.63) is 41.8 Å². The second-order valence-corrected chi connectivity index (χ2v) is 4.39. The van der Waals surface area contributed by atoms with E-state index < -0.39 is 0 Å². The van der Waals surface area contributed by atoms with Crippen LogP contribution in [0, 0.1) is 0 Å². The highest BCUT2D eigenvalue weighted by molar-refractivity contribution is 5.14. The van der Waals surface area contributed by atoms with E-state index in [1.807, 2.05) is 12.1 Å². The number of nitrogens with two attached hydrogens (primary N) is 1. The molecule has 0 spiro atoms. The van der Waals surface area contributed by atoms with Gasteiger partial charge in [0.1, 0.15) is 0 Å². The maximum absolute atomic E-state index is 5.94. The molecule has 0 radical (unpaired) electrons. The van der Waals surface area contributed by atoms with Crippen LogP contribution in [0.4, 0.5) is 0 Å². The van der Waals surface area contributed by atoms with Gasteiger partial charge >= 0.3 is 0 Å². The number of pyridine rings is 1. The largest absolute Gasteiger partial charge is 0.339 e. The molecule has 2 rings (SSSR count). The van der Waals surface area contributed by atoms with Crippen molar-refractivity contribution in [1.82, 2.24) is 15.1 Å². The highest BCUT2D eigenvalue weighted by Crippen LogP contribution is 2.08. The van der Waals surface area contributed by atoms with Crippen molar-refractivity contribution in [3.63, 3.8) is 0 Å². The van der Waals surface area contributed by atoms with Crippen LogP contribution in [0.1, 0.15) is 37.0 Å². The van der Waals surface area contributed by atoms with Crippen LogP contribution < -0.4 is 5.73 Å². The maximum Gasteiger partial charge on any atom is 0.228 e. The van der Waals surface area contributed by atoms with Gasteiger partial charge in [-0.15, -0.1) is 0 Å². The van der Waals surface area contributed by atoms with Crippen molar-refractivity contribution in [1.29, 1.82) is 0 Å². The van der Waals surface area contributed by atoms with Crippen LogP contribution in [-0.4, -0.2) is 21.2 Å². The molecular formula is C13H18N4O. The summed E-state index contributed by atoms with van der Waals surface area (Å²) in [6.07, 6.45) is 6.87. The lowest BCUT2D eigenvalue weighted by Gasteiger charge is -2.05. The molecule has 0 bridgehead atoms. The summed E-state index contributed by atoms with van der Waals surface area (Å²) in [5, 5.41) is 3.96. The minimum absolute atomic E-state index is 0.101. The third-order valence-electron chi connectivity index (χ3n) is 2.72. The van der Waals surface area contributed by atoms with E-state index in [0.29, 0.717) is 24.6 Å². The van der Waals surface area contributed by atoms with Crippen molar-refractivity contribution >= 4 is 0 Å². The minimum atomic E-state index is 0.101. The average Bonchev–Trinajstić information content (AvgIpc) is 2.78. The SMILES string of the molecule is CCCC(N)Cc1nc(Cc2ccncc2)no1. The summed E-state index contributed by atoms with van der Waals surface area (Å²) in [7, 11) is 0. The van der Waals surface area contributed by atoms with Gasteiger partial charge < -0.3 is 10.3 Å². The second kappa shape index (κ2) is 6.26. The van der Waals surface area contributed by atoms with Crippen molar-refractivity contribution in [2.24, 2.45) is 5.73 Å². The van der Waals surface area contributed by atoms with E-state index >= 15 is 0 Å². The Balaban J connectivity index is 1.94. The molecule has 0 aliphatic carbocycles. The first-order chi connectivity index (χ1) is 8.78. The van der Waals surface area contributed by atoms with Gasteiger partial charge in [0.25, 0.3) is 0 Å². The van der Waals surface area contributed by atoms with E-state index in [2.05, 4.69) is 22.0 Å². The van der Waals surface area contributed by atoms with Crippen LogP contribution in [0.25, 0.3) is 0 Å². The summed E-state index contributed by atoms with van der Waals surface area (Å²) in [6.45, 7) is 2.11. The standard InChI is InChI=1S/C13H18N4O/c1-2-3-11(14)9-13-16-12(17-18-13)8-10-4-6-15-7-5-10/h4-7,11H,2-3,8-9,14H2,1H3. The quantitative estimate of drug-likeness (QED) is 0.839. The predicted molar refractivity (Wildman–Crippen MR) is 67.9 cm³/mol. The third-order valence-corrected chi connectivity index (χ3v) is 2.72. The summed E-state index contributed by atoms with van der Waals surface area (Å²) in [6, 6.07) is 3.99. The lowest BCUT2D eigenvalue weighted by atomic mass is 10.1. The molecule has 0 saturated carbocycles.